The van der Waals surface area contributed by atoms with Crippen molar-refractivity contribution < 1.29 is 18.8 Å². The van der Waals surface area contributed by atoms with Gasteiger partial charge in [-0.1, -0.05) is 59.1 Å². The molecule has 0 spiro atoms. The first-order chi connectivity index (χ1) is 16.6. The van der Waals surface area contributed by atoms with Gasteiger partial charge < -0.3 is 10.2 Å². The zero-order valence-electron chi connectivity index (χ0n) is 18.8. The van der Waals surface area contributed by atoms with Gasteiger partial charge in [-0.2, -0.15) is 5.06 Å². The molecule has 1 fully saturated rings. The molecule has 3 aromatic rings. The van der Waals surface area contributed by atoms with Crippen molar-refractivity contribution in [2.24, 2.45) is 0 Å². The van der Waals surface area contributed by atoms with E-state index in [0.717, 1.165) is 33.4 Å². The van der Waals surface area contributed by atoms with E-state index in [4.69, 9.17) is 44.6 Å². The van der Waals surface area contributed by atoms with E-state index in [1.807, 2.05) is 37.3 Å². The second kappa shape index (κ2) is 10.6. The topological polar surface area (TPSA) is 71.5 Å². The van der Waals surface area contributed by atoms with Gasteiger partial charge >= 0.3 is 5.97 Å². The molecule has 2 aromatic carbocycles. The number of fused-ring (bicyclic) bond motifs is 1. The van der Waals surface area contributed by atoms with Gasteiger partial charge in [0.05, 0.1) is 11.6 Å². The molecule has 6 nitrogen and oxygen atoms in total. The Morgan fingerprint density at radius 3 is 2.46 bits per heavy atom. The minimum Gasteiger partial charge on any atom is -0.367 e. The van der Waals surface area contributed by atoms with Gasteiger partial charge in [0.2, 0.25) is 0 Å². The highest BCUT2D eigenvalue weighted by atomic mass is 35.6. The predicted molar refractivity (Wildman–Crippen MR) is 135 cm³/mol. The summed E-state index contributed by atoms with van der Waals surface area (Å²) in [4.78, 5) is 35.3. The van der Waals surface area contributed by atoms with Gasteiger partial charge in [0, 0.05) is 17.0 Å². The lowest BCUT2D eigenvalue weighted by Crippen LogP contribution is -2.46. The van der Waals surface area contributed by atoms with Crippen LogP contribution in [0.3, 0.4) is 0 Å². The first kappa shape index (κ1) is 25.5. The first-order valence-electron chi connectivity index (χ1n) is 11.1. The third kappa shape index (κ3) is 6.15. The number of aromatic nitrogens is 1. The fourth-order valence-electron chi connectivity index (χ4n) is 4.26. The van der Waals surface area contributed by atoms with Gasteiger partial charge in [0.25, 0.3) is 9.70 Å². The molecule has 1 aromatic heterocycles. The van der Waals surface area contributed by atoms with E-state index in [2.05, 4.69) is 5.32 Å². The summed E-state index contributed by atoms with van der Waals surface area (Å²) in [7, 11) is 0. The Morgan fingerprint density at radius 2 is 1.77 bits per heavy atom. The molecule has 10 heteroatoms. The fraction of sp³-hybridized carbons (Fsp3) is 0.320. The number of nitrogens with zero attached hydrogens (tertiary/aromatic N) is 2. The SMILES string of the molecule is Cc1cc(NC2CCC(N(OC(=O)C(Cl)(Cl)Cl)C(=O)c3cccc(F)c3)CC2)nc2ccccc12. The second-order valence-corrected chi connectivity index (χ2v) is 10.8. The van der Waals surface area contributed by atoms with Gasteiger partial charge in [-0.25, -0.2) is 14.2 Å². The number of pyridine rings is 1. The quantitative estimate of drug-likeness (QED) is 0.308. The molecule has 0 unspecified atom stereocenters. The number of halogens is 4. The van der Waals surface area contributed by atoms with Crippen LogP contribution in [0.25, 0.3) is 10.9 Å². The number of amides is 1. The van der Waals surface area contributed by atoms with E-state index >= 15 is 0 Å². The second-order valence-electron chi connectivity index (χ2n) is 8.51. The normalized spacial score (nSPS) is 18.2. The molecule has 4 rings (SSSR count). The van der Waals surface area contributed by atoms with Crippen molar-refractivity contribution in [2.75, 3.05) is 5.32 Å². The molecule has 1 heterocycles. The summed E-state index contributed by atoms with van der Waals surface area (Å²) >= 11 is 17.0. The molecule has 1 N–H and O–H groups in total. The summed E-state index contributed by atoms with van der Waals surface area (Å²) in [6.07, 6.45) is 2.38. The van der Waals surface area contributed by atoms with Crippen molar-refractivity contribution in [1.82, 2.24) is 10.0 Å². The number of carbonyl (C=O) groups is 2. The standard InChI is InChI=1S/C25H23Cl3FN3O3/c1-15-13-22(31-21-8-3-2-7-20(15)21)30-18-9-11-19(12-10-18)32(35-24(34)25(26,27)28)23(33)16-5-4-6-17(29)14-16/h2-8,13-14,18-19H,9-12H2,1H3,(H,30,31). The molecule has 35 heavy (non-hydrogen) atoms. The lowest BCUT2D eigenvalue weighted by atomic mass is 9.90. The minimum atomic E-state index is -2.36. The molecule has 0 aliphatic heterocycles. The highest BCUT2D eigenvalue weighted by Crippen LogP contribution is 2.32. The molecule has 1 saturated carbocycles. The fourth-order valence-corrected chi connectivity index (χ4v) is 4.36. The van der Waals surface area contributed by atoms with Crippen LogP contribution in [-0.2, 0) is 9.63 Å². The first-order valence-corrected chi connectivity index (χ1v) is 12.3. The number of rotatable bonds is 4. The van der Waals surface area contributed by atoms with E-state index in [9.17, 15) is 14.0 Å². The Hall–Kier alpha value is -2.61. The van der Waals surface area contributed by atoms with Crippen molar-refractivity contribution in [3.05, 3.63) is 71.5 Å². The summed E-state index contributed by atoms with van der Waals surface area (Å²) in [6.45, 7) is 2.04. The Labute approximate surface area is 217 Å². The highest BCUT2D eigenvalue weighted by molar-refractivity contribution is 6.75. The van der Waals surface area contributed by atoms with E-state index < -0.39 is 27.5 Å². The number of aryl methyl sites for hydroxylation is 1. The number of nitrogens with one attached hydrogen (secondary N) is 1. The third-order valence-corrected chi connectivity index (χ3v) is 6.45. The van der Waals surface area contributed by atoms with E-state index in [0.29, 0.717) is 25.7 Å². The van der Waals surface area contributed by atoms with Crippen molar-refractivity contribution in [2.45, 2.75) is 48.5 Å². The molecule has 1 amide bonds. The van der Waals surface area contributed by atoms with E-state index in [1.54, 1.807) is 0 Å². The van der Waals surface area contributed by atoms with Gasteiger partial charge in [-0.3, -0.25) is 4.79 Å². The van der Waals surface area contributed by atoms with Crippen LogP contribution in [0.4, 0.5) is 10.2 Å². The van der Waals surface area contributed by atoms with Crippen LogP contribution in [0.1, 0.15) is 41.6 Å². The molecule has 1 aliphatic rings. The Bertz CT molecular complexity index is 1240. The number of hydrogen-bond donors (Lipinski definition) is 1. The number of para-hydroxylation sites is 1. The Kier molecular flexibility index (Phi) is 7.69. The number of benzene rings is 2. The number of hydrogen-bond acceptors (Lipinski definition) is 5. The maximum absolute atomic E-state index is 13.7. The van der Waals surface area contributed by atoms with E-state index in [-0.39, 0.29) is 11.6 Å². The monoisotopic (exact) mass is 537 g/mol. The average Bonchev–Trinajstić information content (AvgIpc) is 2.82. The lowest BCUT2D eigenvalue weighted by molar-refractivity contribution is -0.187. The van der Waals surface area contributed by atoms with Crippen LogP contribution in [0.15, 0.2) is 54.6 Å². The number of hydroxylamine groups is 2. The number of anilines is 1. The van der Waals surface area contributed by atoms with Crippen molar-refractivity contribution in [1.29, 1.82) is 0 Å². The van der Waals surface area contributed by atoms with Crippen LogP contribution in [0, 0.1) is 12.7 Å². The number of carbonyl (C=O) groups excluding carboxylic acids is 2. The summed E-state index contributed by atoms with van der Waals surface area (Å²) < 4.78 is 11.4. The molecular weight excluding hydrogens is 516 g/mol. The summed E-state index contributed by atoms with van der Waals surface area (Å²) in [5.74, 6) is -1.70. The number of alkyl halides is 3. The summed E-state index contributed by atoms with van der Waals surface area (Å²) in [5, 5.41) is 5.48. The third-order valence-electron chi connectivity index (χ3n) is 5.99. The van der Waals surface area contributed by atoms with Crippen LogP contribution in [-0.4, -0.2) is 37.8 Å². The van der Waals surface area contributed by atoms with Crippen LogP contribution in [0.2, 0.25) is 0 Å². The molecule has 184 valence electrons. The van der Waals surface area contributed by atoms with Crippen molar-refractivity contribution in [3.8, 4) is 0 Å². The summed E-state index contributed by atoms with van der Waals surface area (Å²) in [5.41, 5.74) is 2.06. The molecule has 0 bridgehead atoms. The predicted octanol–water partition coefficient (Wildman–Crippen LogP) is 6.38. The molecule has 0 radical (unpaired) electrons. The zero-order chi connectivity index (χ0) is 25.2. The van der Waals surface area contributed by atoms with Crippen LogP contribution in [0.5, 0.6) is 0 Å². The summed E-state index contributed by atoms with van der Waals surface area (Å²) in [6, 6.07) is 14.7. The van der Waals surface area contributed by atoms with Gasteiger partial charge in [-0.15, -0.1) is 0 Å². The van der Waals surface area contributed by atoms with E-state index in [1.165, 1.54) is 18.2 Å². The maximum Gasteiger partial charge on any atom is 0.383 e. The van der Waals surface area contributed by atoms with Gasteiger partial charge in [-0.05, 0) is 68.5 Å². The minimum absolute atomic E-state index is 0.0261. The van der Waals surface area contributed by atoms with Crippen molar-refractivity contribution >= 4 is 63.4 Å². The highest BCUT2D eigenvalue weighted by Gasteiger charge is 2.39. The van der Waals surface area contributed by atoms with Crippen LogP contribution < -0.4 is 5.32 Å². The molecule has 1 aliphatic carbocycles. The smallest absolute Gasteiger partial charge is 0.367 e. The van der Waals surface area contributed by atoms with Crippen molar-refractivity contribution in [3.63, 3.8) is 0 Å². The Balaban J connectivity index is 1.47. The molecular formula is C25H23Cl3FN3O3. The lowest BCUT2D eigenvalue weighted by Gasteiger charge is -2.36. The van der Waals surface area contributed by atoms with Gasteiger partial charge in [0.1, 0.15) is 11.6 Å². The molecule has 0 saturated heterocycles. The largest absolute Gasteiger partial charge is 0.383 e. The Morgan fingerprint density at radius 1 is 1.06 bits per heavy atom. The maximum atomic E-state index is 13.7. The van der Waals surface area contributed by atoms with Crippen LogP contribution >= 0.6 is 34.8 Å². The zero-order valence-corrected chi connectivity index (χ0v) is 21.1. The van der Waals surface area contributed by atoms with Gasteiger partial charge in [0.15, 0.2) is 0 Å². The molecule has 0 atom stereocenters. The average molecular weight is 539 g/mol.